The van der Waals surface area contributed by atoms with Gasteiger partial charge in [0.2, 0.25) is 0 Å². The van der Waals surface area contributed by atoms with Crippen LogP contribution in [0.2, 0.25) is 0 Å². The Labute approximate surface area is 128 Å². The lowest BCUT2D eigenvalue weighted by Gasteiger charge is -2.22. The predicted molar refractivity (Wildman–Crippen MR) is 76.2 cm³/mol. The van der Waals surface area contributed by atoms with E-state index in [0.29, 0.717) is 5.56 Å². The highest BCUT2D eigenvalue weighted by Gasteiger charge is 2.54. The zero-order valence-corrected chi connectivity index (χ0v) is 12.8. The average molecular weight is 308 g/mol. The van der Waals surface area contributed by atoms with Gasteiger partial charge in [-0.15, -0.1) is 0 Å². The Morgan fingerprint density at radius 2 is 1.95 bits per heavy atom. The van der Waals surface area contributed by atoms with Gasteiger partial charge in [0.05, 0.1) is 5.56 Å². The zero-order chi connectivity index (χ0) is 15.9. The minimum absolute atomic E-state index is 0.0476. The zero-order valence-electron chi connectivity index (χ0n) is 12.8. The van der Waals surface area contributed by atoms with Crippen molar-refractivity contribution in [3.63, 3.8) is 0 Å². The summed E-state index contributed by atoms with van der Waals surface area (Å²) in [4.78, 5) is 11.9. The summed E-state index contributed by atoms with van der Waals surface area (Å²) in [5.41, 5.74) is 1.53. The SMILES string of the molecule is Cc1ccc(C(=O)OC[C@@H]2O[C@H]3OC(C)(C)O[C@@H]3[C@@H]2O)cc1. The van der Waals surface area contributed by atoms with Crippen LogP contribution in [0.25, 0.3) is 0 Å². The van der Waals surface area contributed by atoms with E-state index in [4.69, 9.17) is 18.9 Å². The molecule has 2 saturated heterocycles. The molecule has 0 bridgehead atoms. The van der Waals surface area contributed by atoms with Gasteiger partial charge in [-0.1, -0.05) is 17.7 Å². The molecule has 0 spiro atoms. The first-order chi connectivity index (χ1) is 10.4. The van der Waals surface area contributed by atoms with Gasteiger partial charge in [-0.3, -0.25) is 0 Å². The molecule has 6 heteroatoms. The van der Waals surface area contributed by atoms with Gasteiger partial charge < -0.3 is 24.1 Å². The first-order valence-corrected chi connectivity index (χ1v) is 7.29. The number of rotatable bonds is 3. The Kier molecular flexibility index (Phi) is 3.94. The van der Waals surface area contributed by atoms with E-state index >= 15 is 0 Å². The molecule has 0 amide bonds. The second-order valence-corrected chi connectivity index (χ2v) is 6.10. The number of aryl methyl sites for hydroxylation is 1. The smallest absolute Gasteiger partial charge is 0.338 e. The Hall–Kier alpha value is -1.47. The summed E-state index contributed by atoms with van der Waals surface area (Å²) in [7, 11) is 0. The lowest BCUT2D eigenvalue weighted by Crippen LogP contribution is -2.37. The molecule has 0 radical (unpaired) electrons. The number of esters is 1. The van der Waals surface area contributed by atoms with Gasteiger partial charge in [0.25, 0.3) is 0 Å². The highest BCUT2D eigenvalue weighted by Crippen LogP contribution is 2.37. The lowest BCUT2D eigenvalue weighted by molar-refractivity contribution is -0.218. The minimum Gasteiger partial charge on any atom is -0.459 e. The second-order valence-electron chi connectivity index (χ2n) is 6.10. The summed E-state index contributed by atoms with van der Waals surface area (Å²) in [6, 6.07) is 7.08. The Morgan fingerprint density at radius 3 is 2.59 bits per heavy atom. The Balaban J connectivity index is 1.55. The Morgan fingerprint density at radius 1 is 1.27 bits per heavy atom. The van der Waals surface area contributed by atoms with Gasteiger partial charge in [-0.2, -0.15) is 0 Å². The molecule has 2 heterocycles. The maximum Gasteiger partial charge on any atom is 0.338 e. The van der Waals surface area contributed by atoms with Crippen LogP contribution in [0.5, 0.6) is 0 Å². The molecule has 0 unspecified atom stereocenters. The number of hydrogen-bond donors (Lipinski definition) is 1. The maximum absolute atomic E-state index is 11.9. The first-order valence-electron chi connectivity index (χ1n) is 7.29. The van der Waals surface area contributed by atoms with Crippen LogP contribution in [0.1, 0.15) is 29.8 Å². The molecule has 0 saturated carbocycles. The number of ether oxygens (including phenoxy) is 4. The van der Waals surface area contributed by atoms with Gasteiger partial charge in [0, 0.05) is 0 Å². The monoisotopic (exact) mass is 308 g/mol. The van der Waals surface area contributed by atoms with E-state index in [1.807, 2.05) is 19.1 Å². The molecule has 4 atom stereocenters. The predicted octanol–water partition coefficient (Wildman–Crippen LogP) is 1.39. The van der Waals surface area contributed by atoms with Crippen LogP contribution >= 0.6 is 0 Å². The quantitative estimate of drug-likeness (QED) is 0.851. The molecule has 120 valence electrons. The van der Waals surface area contributed by atoms with Crippen molar-refractivity contribution < 1.29 is 28.8 Å². The maximum atomic E-state index is 11.9. The van der Waals surface area contributed by atoms with Crippen molar-refractivity contribution in [2.24, 2.45) is 0 Å². The largest absolute Gasteiger partial charge is 0.459 e. The molecule has 2 aliphatic rings. The van der Waals surface area contributed by atoms with Crippen molar-refractivity contribution in [3.8, 4) is 0 Å². The van der Waals surface area contributed by atoms with E-state index in [1.54, 1.807) is 26.0 Å². The van der Waals surface area contributed by atoms with Crippen molar-refractivity contribution in [1.82, 2.24) is 0 Å². The second kappa shape index (κ2) is 5.62. The van der Waals surface area contributed by atoms with Gasteiger partial charge in [-0.25, -0.2) is 4.79 Å². The normalized spacial score (nSPS) is 32.7. The van der Waals surface area contributed by atoms with Crippen LogP contribution in [0.4, 0.5) is 0 Å². The molecule has 1 aromatic carbocycles. The fourth-order valence-electron chi connectivity index (χ4n) is 2.63. The first kappa shape index (κ1) is 15.4. The minimum atomic E-state index is -0.891. The fourth-order valence-corrected chi connectivity index (χ4v) is 2.63. The van der Waals surface area contributed by atoms with Crippen molar-refractivity contribution >= 4 is 5.97 Å². The van der Waals surface area contributed by atoms with E-state index in [0.717, 1.165) is 5.56 Å². The van der Waals surface area contributed by atoms with Crippen LogP contribution in [-0.4, -0.2) is 48.1 Å². The van der Waals surface area contributed by atoms with Crippen molar-refractivity contribution in [2.75, 3.05) is 6.61 Å². The molecule has 0 aromatic heterocycles. The van der Waals surface area contributed by atoms with Gasteiger partial charge in [0.1, 0.15) is 24.9 Å². The third-order valence-electron chi connectivity index (χ3n) is 3.78. The summed E-state index contributed by atoms with van der Waals surface area (Å²) in [5, 5.41) is 10.2. The summed E-state index contributed by atoms with van der Waals surface area (Å²) < 4.78 is 21.9. The van der Waals surface area contributed by atoms with Crippen LogP contribution in [0.3, 0.4) is 0 Å². The molecule has 3 rings (SSSR count). The van der Waals surface area contributed by atoms with Crippen LogP contribution in [0, 0.1) is 6.92 Å². The number of aliphatic hydroxyl groups is 1. The summed E-state index contributed by atoms with van der Waals surface area (Å²) >= 11 is 0. The third-order valence-corrected chi connectivity index (χ3v) is 3.78. The number of aliphatic hydroxyl groups excluding tert-OH is 1. The van der Waals surface area contributed by atoms with E-state index in [2.05, 4.69) is 0 Å². The van der Waals surface area contributed by atoms with Gasteiger partial charge in [-0.05, 0) is 32.9 Å². The number of carbonyl (C=O) groups is 1. The van der Waals surface area contributed by atoms with E-state index < -0.39 is 36.4 Å². The average Bonchev–Trinajstić information content (AvgIpc) is 2.91. The molecular weight excluding hydrogens is 288 g/mol. The number of carbonyl (C=O) groups excluding carboxylic acids is 1. The van der Waals surface area contributed by atoms with Crippen molar-refractivity contribution in [1.29, 1.82) is 0 Å². The van der Waals surface area contributed by atoms with E-state index in [-0.39, 0.29) is 6.61 Å². The number of benzene rings is 1. The fraction of sp³-hybridized carbons (Fsp3) is 0.562. The molecule has 22 heavy (non-hydrogen) atoms. The van der Waals surface area contributed by atoms with E-state index in [9.17, 15) is 9.90 Å². The lowest BCUT2D eigenvalue weighted by atomic mass is 10.1. The third kappa shape index (κ3) is 3.01. The van der Waals surface area contributed by atoms with Gasteiger partial charge >= 0.3 is 5.97 Å². The number of fused-ring (bicyclic) bond motifs is 1. The van der Waals surface area contributed by atoms with Crippen LogP contribution < -0.4 is 0 Å². The van der Waals surface area contributed by atoms with Gasteiger partial charge in [0.15, 0.2) is 12.1 Å². The highest BCUT2D eigenvalue weighted by molar-refractivity contribution is 5.89. The molecular formula is C16H20O6. The molecule has 6 nitrogen and oxygen atoms in total. The van der Waals surface area contributed by atoms with Crippen molar-refractivity contribution in [2.45, 2.75) is 51.2 Å². The number of hydrogen-bond acceptors (Lipinski definition) is 6. The highest BCUT2D eigenvalue weighted by atomic mass is 16.8. The summed E-state index contributed by atoms with van der Waals surface area (Å²) in [6.07, 6.45) is -2.73. The molecule has 1 N–H and O–H groups in total. The molecule has 0 aliphatic carbocycles. The topological polar surface area (TPSA) is 74.2 Å². The van der Waals surface area contributed by atoms with Crippen molar-refractivity contribution in [3.05, 3.63) is 35.4 Å². The van der Waals surface area contributed by atoms with E-state index in [1.165, 1.54) is 0 Å². The summed E-state index contributed by atoms with van der Waals surface area (Å²) in [6.45, 7) is 5.41. The Bertz CT molecular complexity index is 552. The summed E-state index contributed by atoms with van der Waals surface area (Å²) in [5.74, 6) is -1.23. The molecule has 1 aromatic rings. The van der Waals surface area contributed by atoms with Crippen LogP contribution in [-0.2, 0) is 18.9 Å². The molecule has 2 aliphatic heterocycles. The van der Waals surface area contributed by atoms with Crippen LogP contribution in [0.15, 0.2) is 24.3 Å². The molecule has 2 fully saturated rings. The standard InChI is InChI=1S/C16H20O6/c1-9-4-6-10(7-5-9)14(18)19-8-11-12(17)13-15(20-11)22-16(2,3)21-13/h4-7,11-13,15,17H,8H2,1-3H3/t11-,12+,13+,15-/m0/s1.